The average Bonchev–Trinajstić information content (AvgIpc) is 2.82. The Hall–Kier alpha value is -1.08. The lowest BCUT2D eigenvalue weighted by molar-refractivity contribution is 0.214. The van der Waals surface area contributed by atoms with Crippen molar-refractivity contribution in [2.45, 2.75) is 45.4 Å². The van der Waals surface area contributed by atoms with E-state index in [1.54, 1.807) is 22.3 Å². The number of piperidine rings is 1. The van der Waals surface area contributed by atoms with Gasteiger partial charge in [0.05, 0.1) is 0 Å². The number of fused-ring (bicyclic) bond motifs is 1. The van der Waals surface area contributed by atoms with Crippen molar-refractivity contribution in [3.63, 3.8) is 0 Å². The maximum atomic E-state index is 2.72. The minimum atomic E-state index is 0.696. The highest BCUT2D eigenvalue weighted by Crippen LogP contribution is 2.47. The highest BCUT2D eigenvalue weighted by molar-refractivity contribution is 5.60. The van der Waals surface area contributed by atoms with E-state index in [0.717, 1.165) is 0 Å². The second-order valence-electron chi connectivity index (χ2n) is 7.27. The molecule has 0 aromatic rings. The normalized spacial score (nSPS) is 32.6. The molecule has 2 unspecified atom stereocenters. The molecule has 2 atom stereocenters. The Kier molecular flexibility index (Phi) is 3.62. The van der Waals surface area contributed by atoms with Gasteiger partial charge < -0.3 is 4.90 Å². The van der Waals surface area contributed by atoms with Crippen LogP contribution in [-0.4, -0.2) is 24.5 Å². The van der Waals surface area contributed by atoms with Gasteiger partial charge in [-0.15, -0.1) is 0 Å². The molecule has 4 aliphatic rings. The van der Waals surface area contributed by atoms with Crippen LogP contribution in [0.5, 0.6) is 0 Å². The van der Waals surface area contributed by atoms with Gasteiger partial charge in [0.25, 0.3) is 0 Å². The first-order valence-corrected chi connectivity index (χ1v) is 8.86. The predicted octanol–water partition coefficient (Wildman–Crippen LogP) is 4.64. The van der Waals surface area contributed by atoms with Crippen LogP contribution in [0.3, 0.4) is 0 Å². The Labute approximate surface area is 129 Å². The van der Waals surface area contributed by atoms with Gasteiger partial charge in [-0.1, -0.05) is 43.2 Å². The third-order valence-electron chi connectivity index (χ3n) is 5.70. The molecule has 1 saturated heterocycles. The summed E-state index contributed by atoms with van der Waals surface area (Å²) in [6.45, 7) is 6.25. The zero-order valence-corrected chi connectivity index (χ0v) is 13.3. The van der Waals surface area contributed by atoms with Crippen LogP contribution in [0.15, 0.2) is 46.6 Å². The van der Waals surface area contributed by atoms with Crippen LogP contribution in [0.4, 0.5) is 0 Å². The summed E-state index contributed by atoms with van der Waals surface area (Å²) >= 11 is 0. The molecule has 112 valence electrons. The fraction of sp³-hybridized carbons (Fsp3) is 0.600. The second-order valence-corrected chi connectivity index (χ2v) is 7.27. The zero-order valence-electron chi connectivity index (χ0n) is 13.3. The maximum absolute atomic E-state index is 2.72. The molecule has 0 N–H and O–H groups in total. The van der Waals surface area contributed by atoms with E-state index in [9.17, 15) is 0 Å². The van der Waals surface area contributed by atoms with Crippen molar-refractivity contribution in [1.82, 2.24) is 4.90 Å². The standard InChI is InChI=1S/C20H27N/c1-15-9-10-18-19(13-15)16-7-3-4-8-17(16)20(18)14-21-11-5-2-6-12-21/h3,7,9-10,15,20H,2,4-6,8,11-14H2,1H3. The molecule has 0 spiro atoms. The van der Waals surface area contributed by atoms with Crippen LogP contribution in [0.2, 0.25) is 0 Å². The van der Waals surface area contributed by atoms with Crippen molar-refractivity contribution in [2.75, 3.05) is 19.6 Å². The molecule has 0 bridgehead atoms. The Bertz CT molecular complexity index is 540. The molecule has 1 heterocycles. The van der Waals surface area contributed by atoms with Gasteiger partial charge in [0, 0.05) is 12.5 Å². The van der Waals surface area contributed by atoms with E-state index in [1.165, 1.54) is 58.2 Å². The molecule has 1 aliphatic heterocycles. The highest BCUT2D eigenvalue weighted by atomic mass is 15.1. The minimum Gasteiger partial charge on any atom is -0.302 e. The lowest BCUT2D eigenvalue weighted by atomic mass is 9.86. The molecule has 0 aromatic heterocycles. The van der Waals surface area contributed by atoms with Crippen molar-refractivity contribution in [1.29, 1.82) is 0 Å². The summed E-state index contributed by atoms with van der Waals surface area (Å²) in [7, 11) is 0. The molecule has 4 rings (SSSR count). The summed E-state index contributed by atoms with van der Waals surface area (Å²) in [6, 6.07) is 0. The van der Waals surface area contributed by atoms with E-state index in [4.69, 9.17) is 0 Å². The zero-order chi connectivity index (χ0) is 14.2. The lowest BCUT2D eigenvalue weighted by Crippen LogP contribution is -2.35. The van der Waals surface area contributed by atoms with E-state index in [0.29, 0.717) is 11.8 Å². The van der Waals surface area contributed by atoms with Gasteiger partial charge >= 0.3 is 0 Å². The summed E-state index contributed by atoms with van der Waals surface area (Å²) in [6.07, 6.45) is 17.7. The van der Waals surface area contributed by atoms with E-state index in [-0.39, 0.29) is 0 Å². The van der Waals surface area contributed by atoms with Crippen molar-refractivity contribution in [3.8, 4) is 0 Å². The average molecular weight is 281 g/mol. The molecule has 1 heteroatoms. The molecular weight excluding hydrogens is 254 g/mol. The number of hydrogen-bond donors (Lipinski definition) is 0. The minimum absolute atomic E-state index is 0.696. The summed E-state index contributed by atoms with van der Waals surface area (Å²) in [5.74, 6) is 1.41. The first-order valence-electron chi connectivity index (χ1n) is 8.86. The first kappa shape index (κ1) is 13.6. The lowest BCUT2D eigenvalue weighted by Gasteiger charge is -2.31. The van der Waals surface area contributed by atoms with Gasteiger partial charge in [-0.2, -0.15) is 0 Å². The van der Waals surface area contributed by atoms with E-state index in [2.05, 4.69) is 36.1 Å². The second kappa shape index (κ2) is 5.61. The Morgan fingerprint density at radius 2 is 2.00 bits per heavy atom. The van der Waals surface area contributed by atoms with E-state index < -0.39 is 0 Å². The van der Waals surface area contributed by atoms with Crippen LogP contribution in [-0.2, 0) is 0 Å². The van der Waals surface area contributed by atoms with Crippen LogP contribution >= 0.6 is 0 Å². The van der Waals surface area contributed by atoms with Gasteiger partial charge in [-0.3, -0.25) is 0 Å². The summed E-state index contributed by atoms with van der Waals surface area (Å²) in [5, 5.41) is 0. The predicted molar refractivity (Wildman–Crippen MR) is 89.1 cm³/mol. The largest absolute Gasteiger partial charge is 0.302 e. The molecular formula is C20H27N. The first-order chi connectivity index (χ1) is 10.3. The highest BCUT2D eigenvalue weighted by Gasteiger charge is 2.34. The fourth-order valence-electron chi connectivity index (χ4n) is 4.60. The third-order valence-corrected chi connectivity index (χ3v) is 5.70. The van der Waals surface area contributed by atoms with E-state index >= 15 is 0 Å². The molecule has 0 radical (unpaired) electrons. The topological polar surface area (TPSA) is 3.24 Å². The van der Waals surface area contributed by atoms with Gasteiger partial charge in [-0.25, -0.2) is 0 Å². The molecule has 3 aliphatic carbocycles. The molecule has 0 saturated carbocycles. The summed E-state index contributed by atoms with van der Waals surface area (Å²) in [4.78, 5) is 2.72. The van der Waals surface area contributed by atoms with Crippen molar-refractivity contribution < 1.29 is 0 Å². The van der Waals surface area contributed by atoms with Gasteiger partial charge in [0.2, 0.25) is 0 Å². The van der Waals surface area contributed by atoms with E-state index in [1.807, 2.05) is 0 Å². The van der Waals surface area contributed by atoms with Crippen LogP contribution in [0.25, 0.3) is 0 Å². The van der Waals surface area contributed by atoms with Crippen LogP contribution < -0.4 is 0 Å². The maximum Gasteiger partial charge on any atom is 0.0188 e. The Morgan fingerprint density at radius 1 is 1.14 bits per heavy atom. The number of nitrogens with zero attached hydrogens (tertiary/aromatic N) is 1. The Balaban J connectivity index is 1.63. The van der Waals surface area contributed by atoms with Gasteiger partial charge in [-0.05, 0) is 67.8 Å². The SMILES string of the molecule is CC1C=CC2=C(C1)C1=C(CCC=C1)C2CN1CCCCC1. The van der Waals surface area contributed by atoms with Gasteiger partial charge in [0.15, 0.2) is 0 Å². The van der Waals surface area contributed by atoms with Crippen molar-refractivity contribution >= 4 is 0 Å². The number of likely N-dealkylation sites (tertiary alicyclic amines) is 1. The Morgan fingerprint density at radius 3 is 2.86 bits per heavy atom. The smallest absolute Gasteiger partial charge is 0.0188 e. The number of rotatable bonds is 2. The van der Waals surface area contributed by atoms with Crippen LogP contribution in [0.1, 0.15) is 45.4 Å². The third kappa shape index (κ3) is 2.46. The van der Waals surface area contributed by atoms with Gasteiger partial charge in [0.1, 0.15) is 0 Å². The summed E-state index contributed by atoms with van der Waals surface area (Å²) < 4.78 is 0. The van der Waals surface area contributed by atoms with Crippen molar-refractivity contribution in [3.05, 3.63) is 46.6 Å². The molecule has 21 heavy (non-hydrogen) atoms. The number of hydrogen-bond acceptors (Lipinski definition) is 1. The summed E-state index contributed by atoms with van der Waals surface area (Å²) in [5.41, 5.74) is 6.72. The molecule has 0 amide bonds. The quantitative estimate of drug-likeness (QED) is 0.712. The fourth-order valence-corrected chi connectivity index (χ4v) is 4.60. The molecule has 1 fully saturated rings. The monoisotopic (exact) mass is 281 g/mol. The van der Waals surface area contributed by atoms with Crippen LogP contribution in [0, 0.1) is 11.8 Å². The van der Waals surface area contributed by atoms with Crippen molar-refractivity contribution in [2.24, 2.45) is 11.8 Å². The molecule has 0 aromatic carbocycles. The number of allylic oxidation sites excluding steroid dienone is 6. The molecule has 1 nitrogen and oxygen atoms in total.